The molecular formula is C53H90NO7+. The van der Waals surface area contributed by atoms with Crippen molar-refractivity contribution in [1.29, 1.82) is 0 Å². The van der Waals surface area contributed by atoms with Gasteiger partial charge in [0.2, 0.25) is 0 Å². The zero-order valence-corrected chi connectivity index (χ0v) is 39.6. The van der Waals surface area contributed by atoms with Crippen LogP contribution >= 0.6 is 0 Å². The van der Waals surface area contributed by atoms with Crippen molar-refractivity contribution in [1.82, 2.24) is 0 Å². The molecule has 1 N–H and O–H groups in total. The summed E-state index contributed by atoms with van der Waals surface area (Å²) in [5.74, 6) is -1.54. The second-order valence-electron chi connectivity index (χ2n) is 17.1. The highest BCUT2D eigenvalue weighted by atomic mass is 16.6. The van der Waals surface area contributed by atoms with E-state index in [-0.39, 0.29) is 42.7 Å². The second kappa shape index (κ2) is 43.2. The predicted octanol–water partition coefficient (Wildman–Crippen LogP) is 13.7. The molecular weight excluding hydrogens is 763 g/mol. The van der Waals surface area contributed by atoms with Crippen LogP contribution in [0.1, 0.15) is 181 Å². The number of quaternary nitrogens is 1. The molecule has 0 heterocycles. The average molecular weight is 853 g/mol. The van der Waals surface area contributed by atoms with Crippen LogP contribution < -0.4 is 0 Å². The number of likely N-dealkylation sites (N-methyl/N-ethyl adjacent to an activating group) is 1. The van der Waals surface area contributed by atoms with Gasteiger partial charge in [0.1, 0.15) is 6.61 Å². The SMILES string of the molecule is CC/C=C/C=C/C=C/C=C/C=C/CCCCCC(=O)OC(COCCC(C(=O)O)[N+](C)(C)C)COC(=O)CCCCCCCCC/C=C/C/C=C/CCCCCCCCCC. The van der Waals surface area contributed by atoms with E-state index < -0.39 is 18.1 Å². The van der Waals surface area contributed by atoms with E-state index >= 15 is 0 Å². The number of esters is 2. The fourth-order valence-corrected chi connectivity index (χ4v) is 6.67. The Bertz CT molecular complexity index is 1270. The molecule has 0 aromatic heterocycles. The summed E-state index contributed by atoms with van der Waals surface area (Å²) < 4.78 is 17.3. The Morgan fingerprint density at radius 3 is 1.51 bits per heavy atom. The molecule has 0 aromatic rings. The Kier molecular flexibility index (Phi) is 40.7. The van der Waals surface area contributed by atoms with E-state index in [1.165, 1.54) is 83.5 Å². The molecule has 61 heavy (non-hydrogen) atoms. The maximum absolute atomic E-state index is 12.7. The minimum Gasteiger partial charge on any atom is -0.477 e. The van der Waals surface area contributed by atoms with Gasteiger partial charge in [0.15, 0.2) is 12.1 Å². The van der Waals surface area contributed by atoms with Crippen LogP contribution in [0.5, 0.6) is 0 Å². The van der Waals surface area contributed by atoms with Gasteiger partial charge in [-0.25, -0.2) is 4.79 Å². The van der Waals surface area contributed by atoms with Crippen molar-refractivity contribution in [3.63, 3.8) is 0 Å². The summed E-state index contributed by atoms with van der Waals surface area (Å²) in [6.07, 6.45) is 56.4. The van der Waals surface area contributed by atoms with Gasteiger partial charge in [-0.2, -0.15) is 0 Å². The van der Waals surface area contributed by atoms with E-state index in [0.29, 0.717) is 19.3 Å². The molecule has 0 fully saturated rings. The Labute approximate surface area is 373 Å². The summed E-state index contributed by atoms with van der Waals surface area (Å²) in [5, 5.41) is 9.63. The van der Waals surface area contributed by atoms with Crippen LogP contribution in [0, 0.1) is 0 Å². The number of aliphatic carboxylic acids is 1. The first-order valence-electron chi connectivity index (χ1n) is 24.2. The van der Waals surface area contributed by atoms with E-state index in [0.717, 1.165) is 57.8 Å². The van der Waals surface area contributed by atoms with Crippen LogP contribution in [0.25, 0.3) is 0 Å². The van der Waals surface area contributed by atoms with Gasteiger partial charge in [0.05, 0.1) is 34.4 Å². The lowest BCUT2D eigenvalue weighted by Crippen LogP contribution is -2.50. The van der Waals surface area contributed by atoms with E-state index in [4.69, 9.17) is 14.2 Å². The molecule has 0 amide bonds. The first kappa shape index (κ1) is 57.5. The average Bonchev–Trinajstić information content (AvgIpc) is 3.22. The molecule has 0 aliphatic heterocycles. The summed E-state index contributed by atoms with van der Waals surface area (Å²) >= 11 is 0. The van der Waals surface area contributed by atoms with E-state index in [1.54, 1.807) is 0 Å². The van der Waals surface area contributed by atoms with Crippen LogP contribution in [0.3, 0.4) is 0 Å². The van der Waals surface area contributed by atoms with Gasteiger partial charge < -0.3 is 23.8 Å². The summed E-state index contributed by atoms with van der Waals surface area (Å²) in [5.41, 5.74) is 0. The van der Waals surface area contributed by atoms with E-state index in [1.807, 2.05) is 69.8 Å². The topological polar surface area (TPSA) is 99.1 Å². The Morgan fingerprint density at radius 1 is 0.525 bits per heavy atom. The monoisotopic (exact) mass is 853 g/mol. The van der Waals surface area contributed by atoms with Gasteiger partial charge >= 0.3 is 17.9 Å². The van der Waals surface area contributed by atoms with Crippen molar-refractivity contribution in [2.24, 2.45) is 0 Å². The van der Waals surface area contributed by atoms with Gasteiger partial charge in [-0.1, -0.05) is 182 Å². The lowest BCUT2D eigenvalue weighted by Gasteiger charge is -2.31. The number of carboxylic acid groups (broad SMARTS) is 1. The number of ether oxygens (including phenoxy) is 3. The summed E-state index contributed by atoms with van der Waals surface area (Å²) in [4.78, 5) is 37.1. The third kappa shape index (κ3) is 41.6. The maximum atomic E-state index is 12.7. The van der Waals surface area contributed by atoms with Crippen LogP contribution in [0.2, 0.25) is 0 Å². The fourth-order valence-electron chi connectivity index (χ4n) is 6.67. The number of rotatable bonds is 42. The lowest BCUT2D eigenvalue weighted by molar-refractivity contribution is -0.887. The summed E-state index contributed by atoms with van der Waals surface area (Å²) in [6, 6.07) is -0.629. The number of carbonyl (C=O) groups excluding carboxylic acids is 2. The Balaban J connectivity index is 4.34. The zero-order valence-electron chi connectivity index (χ0n) is 39.6. The third-order valence-electron chi connectivity index (χ3n) is 10.4. The summed E-state index contributed by atoms with van der Waals surface area (Å²) in [6.45, 7) is 4.53. The van der Waals surface area contributed by atoms with Gasteiger partial charge in [-0.15, -0.1) is 0 Å². The molecule has 8 nitrogen and oxygen atoms in total. The molecule has 2 unspecified atom stereocenters. The first-order valence-corrected chi connectivity index (χ1v) is 24.2. The number of carbonyl (C=O) groups is 3. The fraction of sp³-hybridized carbons (Fsp3) is 0.679. The van der Waals surface area contributed by atoms with E-state index in [2.05, 4.69) is 50.3 Å². The number of hydrogen-bond acceptors (Lipinski definition) is 6. The minimum absolute atomic E-state index is 0.0361. The van der Waals surface area contributed by atoms with Crippen molar-refractivity contribution < 1.29 is 38.2 Å². The quantitative estimate of drug-likeness (QED) is 0.0215. The molecule has 0 aromatic carbocycles. The van der Waals surface area contributed by atoms with Gasteiger partial charge in [-0.05, 0) is 64.2 Å². The largest absolute Gasteiger partial charge is 0.477 e. The van der Waals surface area contributed by atoms with Gasteiger partial charge in [0.25, 0.3) is 0 Å². The molecule has 0 saturated carbocycles. The Morgan fingerprint density at radius 2 is 0.984 bits per heavy atom. The van der Waals surface area contributed by atoms with Crippen molar-refractivity contribution >= 4 is 17.9 Å². The molecule has 0 aliphatic rings. The molecule has 8 heteroatoms. The van der Waals surface area contributed by atoms with E-state index in [9.17, 15) is 19.5 Å². The number of hydrogen-bond donors (Lipinski definition) is 1. The third-order valence-corrected chi connectivity index (χ3v) is 10.4. The van der Waals surface area contributed by atoms with Crippen molar-refractivity contribution in [3.8, 4) is 0 Å². The highest BCUT2D eigenvalue weighted by Crippen LogP contribution is 2.14. The minimum atomic E-state index is -0.887. The summed E-state index contributed by atoms with van der Waals surface area (Å²) in [7, 11) is 5.50. The maximum Gasteiger partial charge on any atom is 0.362 e. The van der Waals surface area contributed by atoms with Crippen molar-refractivity contribution in [2.75, 3.05) is 41.0 Å². The van der Waals surface area contributed by atoms with Gasteiger partial charge in [-0.3, -0.25) is 9.59 Å². The standard InChI is InChI=1S/C53H89NO7/c1-6-8-10-12-14-16-18-20-22-23-24-25-26-27-28-30-31-33-35-37-39-41-43-51(55)60-48-49(47-59-46-45-50(53(57)58)54(3,4)5)61-52(56)44-42-40-38-36-34-32-29-21-19-17-15-13-11-9-7-2/h9,11,13,15,17,19,21,23-24,26-27,29,32,34,49-50H,6-8,10,12,14,16,18,20,22,25,28,30-31,33,35-48H2,1-5H3/p+1/b11-9+,15-13+,19-17+,24-23+,27-26+,29-21+,34-32+. The van der Waals surface area contributed by atoms with Crippen LogP contribution in [-0.2, 0) is 28.6 Å². The van der Waals surface area contributed by atoms with Crippen LogP contribution in [-0.4, -0.2) is 80.6 Å². The van der Waals surface area contributed by atoms with Crippen molar-refractivity contribution in [2.45, 2.75) is 193 Å². The second-order valence-corrected chi connectivity index (χ2v) is 17.1. The highest BCUT2D eigenvalue weighted by Gasteiger charge is 2.31. The number of allylic oxidation sites excluding steroid dienone is 14. The smallest absolute Gasteiger partial charge is 0.362 e. The number of nitrogens with zero attached hydrogens (tertiary/aromatic N) is 1. The molecule has 2 atom stereocenters. The highest BCUT2D eigenvalue weighted by molar-refractivity contribution is 5.72. The molecule has 0 rings (SSSR count). The molecule has 348 valence electrons. The van der Waals surface area contributed by atoms with Crippen LogP contribution in [0.4, 0.5) is 0 Å². The molecule has 0 aliphatic carbocycles. The molecule has 0 spiro atoms. The molecule has 0 bridgehead atoms. The first-order chi connectivity index (χ1) is 29.6. The predicted molar refractivity (Wildman–Crippen MR) is 256 cm³/mol. The van der Waals surface area contributed by atoms with Crippen LogP contribution in [0.15, 0.2) is 85.1 Å². The van der Waals surface area contributed by atoms with Gasteiger partial charge in [0, 0.05) is 19.3 Å². The Hall–Kier alpha value is -3.49. The number of unbranched alkanes of at least 4 members (excludes halogenated alkanes) is 18. The van der Waals surface area contributed by atoms with Crippen molar-refractivity contribution in [3.05, 3.63) is 85.1 Å². The number of carboxylic acids is 1. The molecule has 0 radical (unpaired) electrons. The normalized spacial score (nSPS) is 13.7. The lowest BCUT2D eigenvalue weighted by atomic mass is 10.1. The molecule has 0 saturated heterocycles. The zero-order chi connectivity index (χ0) is 44.9.